The summed E-state index contributed by atoms with van der Waals surface area (Å²) in [6.07, 6.45) is 1.43. The fourth-order valence-corrected chi connectivity index (χ4v) is 7.48. The minimum absolute atomic E-state index is 0.0932. The Hall–Kier alpha value is -4.45. The van der Waals surface area contributed by atoms with Crippen LogP contribution < -0.4 is 10.3 Å². The average molecular weight is 601 g/mol. The van der Waals surface area contributed by atoms with Crippen LogP contribution in [0.4, 0.5) is 11.4 Å². The van der Waals surface area contributed by atoms with Gasteiger partial charge in [-0.25, -0.2) is 10.3 Å². The molecule has 5 aliphatic rings. The van der Waals surface area contributed by atoms with Gasteiger partial charge in [-0.05, 0) is 41.3 Å². The maximum absolute atomic E-state index is 14.5. The molecule has 0 spiro atoms. The zero-order chi connectivity index (χ0) is 30.1. The summed E-state index contributed by atoms with van der Waals surface area (Å²) >= 11 is 6.05. The minimum Gasteiger partial charge on any atom is -0.347 e. The van der Waals surface area contributed by atoms with Crippen molar-refractivity contribution in [2.45, 2.75) is 30.5 Å². The maximum Gasteiger partial charge on any atom is 0.294 e. The number of nitro benzene ring substituents is 1. The highest BCUT2D eigenvalue weighted by Crippen LogP contribution is 2.64. The smallest absolute Gasteiger partial charge is 0.294 e. The Labute approximate surface area is 250 Å². The lowest BCUT2D eigenvalue weighted by Crippen LogP contribution is -2.54. The van der Waals surface area contributed by atoms with Crippen molar-refractivity contribution < 1.29 is 28.8 Å². The molecule has 0 radical (unpaired) electrons. The largest absolute Gasteiger partial charge is 0.347 e. The topological polar surface area (TPSA) is 140 Å². The van der Waals surface area contributed by atoms with Gasteiger partial charge in [-0.1, -0.05) is 60.1 Å². The van der Waals surface area contributed by atoms with E-state index >= 15 is 0 Å². The van der Waals surface area contributed by atoms with Crippen molar-refractivity contribution in [1.29, 1.82) is 0 Å². The summed E-state index contributed by atoms with van der Waals surface area (Å²) in [5.74, 6) is -4.96. The lowest BCUT2D eigenvalue weighted by Gasteiger charge is -2.52. The molecule has 3 amide bonds. The van der Waals surface area contributed by atoms with E-state index in [4.69, 9.17) is 21.1 Å². The van der Waals surface area contributed by atoms with Gasteiger partial charge in [0.15, 0.2) is 5.79 Å². The number of amides is 3. The Balaban J connectivity index is 1.37. The number of hydrogen-bond donors (Lipinski definition) is 1. The van der Waals surface area contributed by atoms with E-state index in [1.807, 2.05) is 48.5 Å². The van der Waals surface area contributed by atoms with Gasteiger partial charge in [0.25, 0.3) is 5.69 Å². The Morgan fingerprint density at radius 3 is 2.33 bits per heavy atom. The fraction of sp³-hybridized carbons (Fsp3) is 0.290. The molecule has 2 fully saturated rings. The van der Waals surface area contributed by atoms with Crippen LogP contribution >= 0.6 is 11.6 Å². The van der Waals surface area contributed by atoms with Crippen molar-refractivity contribution >= 4 is 46.9 Å². The highest BCUT2D eigenvalue weighted by Gasteiger charge is 2.68. The Morgan fingerprint density at radius 1 is 1.07 bits per heavy atom. The number of hydrogen-bond acceptors (Lipinski definition) is 8. The third-order valence-electron chi connectivity index (χ3n) is 8.90. The Morgan fingerprint density at radius 2 is 1.70 bits per heavy atom. The first kappa shape index (κ1) is 27.4. The van der Waals surface area contributed by atoms with E-state index in [1.165, 1.54) is 18.3 Å². The molecule has 3 aliphatic carbocycles. The summed E-state index contributed by atoms with van der Waals surface area (Å²) in [5.41, 5.74) is 3.98. The second-order valence-electron chi connectivity index (χ2n) is 11.2. The van der Waals surface area contributed by atoms with E-state index in [0.29, 0.717) is 13.2 Å². The van der Waals surface area contributed by atoms with Gasteiger partial charge < -0.3 is 9.47 Å². The summed E-state index contributed by atoms with van der Waals surface area (Å²) in [6.45, 7) is 2.44. The lowest BCUT2D eigenvalue weighted by atomic mass is 9.47. The molecule has 43 heavy (non-hydrogen) atoms. The van der Waals surface area contributed by atoms with E-state index in [1.54, 1.807) is 6.92 Å². The maximum atomic E-state index is 14.5. The van der Waals surface area contributed by atoms with E-state index in [0.717, 1.165) is 33.2 Å². The molecular weight excluding hydrogens is 576 g/mol. The SMILES string of the molecule is CC1(CC(=O)N/N=C\C23c4ccccc4C(c4ccccc42)[C@@H]2C(=O)N(c4ccc(Cl)cc4[N+](=O)[O-])C(=O)[C@@H]23)OCCO1. The molecule has 218 valence electrons. The molecule has 2 saturated heterocycles. The zero-order valence-electron chi connectivity index (χ0n) is 22.9. The number of carbonyl (C=O) groups excluding carboxylic acids is 3. The molecule has 2 bridgehead atoms. The van der Waals surface area contributed by atoms with E-state index in [2.05, 4.69) is 10.5 Å². The number of benzene rings is 3. The third-order valence-corrected chi connectivity index (χ3v) is 9.13. The number of carbonyl (C=O) groups is 3. The van der Waals surface area contributed by atoms with Crippen molar-refractivity contribution in [2.75, 3.05) is 18.1 Å². The van der Waals surface area contributed by atoms with E-state index < -0.39 is 57.3 Å². The van der Waals surface area contributed by atoms with Crippen LogP contribution in [0.2, 0.25) is 5.02 Å². The van der Waals surface area contributed by atoms with Gasteiger partial charge in [0.1, 0.15) is 5.69 Å². The van der Waals surface area contributed by atoms with Gasteiger partial charge in [0.2, 0.25) is 17.7 Å². The van der Waals surface area contributed by atoms with E-state index in [-0.39, 0.29) is 17.1 Å². The van der Waals surface area contributed by atoms with Gasteiger partial charge in [-0.3, -0.25) is 24.5 Å². The standard InChI is InChI=1S/C31H25ClN4O7/c1-30(42-12-13-43-30)15-24(37)34-33-16-31-20-8-4-2-6-18(20)25(19-7-3-5-9-21(19)31)26-27(31)29(39)35(28(26)38)22-11-10-17(32)14-23(22)36(40)41/h2-11,14,16,25-27H,12-13,15H2,1H3,(H,34,37)/b33-16-/t25?,26-,27+,31?/m0/s1. The molecule has 11 nitrogen and oxygen atoms in total. The highest BCUT2D eigenvalue weighted by atomic mass is 35.5. The van der Waals surface area contributed by atoms with E-state index in [9.17, 15) is 24.5 Å². The monoisotopic (exact) mass is 600 g/mol. The Bertz CT molecular complexity index is 1700. The molecule has 8 rings (SSSR count). The second kappa shape index (κ2) is 9.80. The van der Waals surface area contributed by atoms with Gasteiger partial charge in [0, 0.05) is 23.2 Å². The molecular formula is C31H25ClN4O7. The van der Waals surface area contributed by atoms with Crippen LogP contribution in [0.15, 0.2) is 71.8 Å². The summed E-state index contributed by atoms with van der Waals surface area (Å²) in [6, 6.07) is 19.0. The summed E-state index contributed by atoms with van der Waals surface area (Å²) in [4.78, 5) is 53.9. The Kier molecular flexibility index (Phi) is 6.24. The van der Waals surface area contributed by atoms with Gasteiger partial charge in [-0.2, -0.15) is 5.10 Å². The predicted molar refractivity (Wildman–Crippen MR) is 155 cm³/mol. The molecule has 12 heteroatoms. The number of anilines is 1. The third kappa shape index (κ3) is 3.95. The van der Waals surface area contributed by atoms with Crippen molar-refractivity contribution in [1.82, 2.24) is 5.43 Å². The molecule has 2 heterocycles. The number of halogens is 1. The molecule has 3 aromatic carbocycles. The number of ether oxygens (including phenoxy) is 2. The van der Waals surface area contributed by atoms with Crippen molar-refractivity contribution in [3.05, 3.63) is 104 Å². The van der Waals surface area contributed by atoms with Crippen LogP contribution in [0.5, 0.6) is 0 Å². The van der Waals surface area contributed by atoms with Crippen LogP contribution in [0.25, 0.3) is 0 Å². The number of imide groups is 1. The van der Waals surface area contributed by atoms with Crippen molar-refractivity contribution in [3.63, 3.8) is 0 Å². The predicted octanol–water partition coefficient (Wildman–Crippen LogP) is 4.05. The number of hydrazone groups is 1. The number of rotatable bonds is 6. The number of nitrogens with one attached hydrogen (secondary N) is 1. The average Bonchev–Trinajstić information content (AvgIpc) is 3.53. The second-order valence-corrected chi connectivity index (χ2v) is 11.7. The fourth-order valence-electron chi connectivity index (χ4n) is 7.32. The molecule has 0 saturated carbocycles. The quantitative estimate of drug-likeness (QED) is 0.195. The zero-order valence-corrected chi connectivity index (χ0v) is 23.6. The van der Waals surface area contributed by atoms with Crippen molar-refractivity contribution in [3.8, 4) is 0 Å². The normalized spacial score (nSPS) is 26.4. The van der Waals surface area contributed by atoms with Gasteiger partial charge >= 0.3 is 0 Å². The van der Waals surface area contributed by atoms with Crippen LogP contribution in [-0.4, -0.2) is 47.9 Å². The first-order valence-corrected chi connectivity index (χ1v) is 14.2. The first-order valence-electron chi connectivity index (χ1n) is 13.8. The van der Waals surface area contributed by atoms with Gasteiger partial charge in [0.05, 0.1) is 41.8 Å². The summed E-state index contributed by atoms with van der Waals surface area (Å²) < 4.78 is 11.1. The molecule has 1 N–H and O–H groups in total. The molecule has 0 unspecified atom stereocenters. The van der Waals surface area contributed by atoms with Gasteiger partial charge in [-0.15, -0.1) is 0 Å². The summed E-state index contributed by atoms with van der Waals surface area (Å²) in [5, 5.41) is 16.5. The van der Waals surface area contributed by atoms with Crippen LogP contribution in [0.1, 0.15) is 41.5 Å². The molecule has 2 aliphatic heterocycles. The molecule has 0 aromatic heterocycles. The number of nitrogens with zero attached hydrogens (tertiary/aromatic N) is 3. The summed E-state index contributed by atoms with van der Waals surface area (Å²) in [7, 11) is 0. The molecule has 2 atom stereocenters. The highest BCUT2D eigenvalue weighted by molar-refractivity contribution is 6.31. The van der Waals surface area contributed by atoms with Crippen LogP contribution in [-0.2, 0) is 29.3 Å². The lowest BCUT2D eigenvalue weighted by molar-refractivity contribution is -0.384. The van der Waals surface area contributed by atoms with Crippen LogP contribution in [0.3, 0.4) is 0 Å². The minimum atomic E-state index is -1.26. The van der Waals surface area contributed by atoms with Crippen molar-refractivity contribution in [2.24, 2.45) is 16.9 Å². The molecule has 3 aromatic rings. The first-order chi connectivity index (χ1) is 20.7. The number of nitro groups is 1. The van der Waals surface area contributed by atoms with Crippen LogP contribution in [0, 0.1) is 22.0 Å².